The number of methoxy groups -OCH3 is 1. The van der Waals surface area contributed by atoms with Crippen molar-refractivity contribution in [2.75, 3.05) is 14.2 Å². The topological polar surface area (TPSA) is 38.5 Å². The van der Waals surface area contributed by atoms with Crippen LogP contribution >= 0.6 is 0 Å². The number of hydrogen-bond donors (Lipinski definition) is 1. The third-order valence-corrected chi connectivity index (χ3v) is 4.20. The second kappa shape index (κ2) is 6.40. The third-order valence-electron chi connectivity index (χ3n) is 4.20. The minimum absolute atomic E-state index is 0.314. The Balaban J connectivity index is 2.09. The van der Waals surface area contributed by atoms with E-state index in [9.17, 15) is 0 Å². The molecule has 0 radical (unpaired) electrons. The molecule has 0 amide bonds. The SMILES string of the molecule is COc1ccc(C)cc1CN(C)C1CCCCC1N. The van der Waals surface area contributed by atoms with Crippen molar-refractivity contribution in [2.45, 2.75) is 51.2 Å². The van der Waals surface area contributed by atoms with Gasteiger partial charge in [0.15, 0.2) is 0 Å². The highest BCUT2D eigenvalue weighted by Gasteiger charge is 2.25. The first kappa shape index (κ1) is 14.4. The van der Waals surface area contributed by atoms with Crippen molar-refractivity contribution in [3.05, 3.63) is 29.3 Å². The fourth-order valence-electron chi connectivity index (χ4n) is 3.10. The van der Waals surface area contributed by atoms with E-state index in [-0.39, 0.29) is 0 Å². The lowest BCUT2D eigenvalue weighted by molar-refractivity contribution is 0.161. The van der Waals surface area contributed by atoms with Crippen LogP contribution in [0.25, 0.3) is 0 Å². The molecule has 0 bridgehead atoms. The molecule has 0 spiro atoms. The normalized spacial score (nSPS) is 23.6. The molecule has 1 saturated carbocycles. The van der Waals surface area contributed by atoms with Crippen molar-refractivity contribution in [1.82, 2.24) is 4.90 Å². The molecular weight excluding hydrogens is 236 g/mol. The highest BCUT2D eigenvalue weighted by Crippen LogP contribution is 2.25. The monoisotopic (exact) mass is 262 g/mol. The summed E-state index contributed by atoms with van der Waals surface area (Å²) in [6.07, 6.45) is 4.94. The van der Waals surface area contributed by atoms with Crippen molar-refractivity contribution in [3.8, 4) is 5.75 Å². The Morgan fingerprint density at radius 3 is 2.74 bits per heavy atom. The average molecular weight is 262 g/mol. The Hall–Kier alpha value is -1.06. The number of likely N-dealkylation sites (N-methyl/N-ethyl adjacent to an activating group) is 1. The number of hydrogen-bond acceptors (Lipinski definition) is 3. The van der Waals surface area contributed by atoms with E-state index < -0.39 is 0 Å². The van der Waals surface area contributed by atoms with E-state index in [0.717, 1.165) is 18.7 Å². The molecule has 1 aliphatic rings. The molecule has 0 saturated heterocycles. The van der Waals surface area contributed by atoms with E-state index in [4.69, 9.17) is 10.5 Å². The van der Waals surface area contributed by atoms with E-state index in [0.29, 0.717) is 12.1 Å². The molecule has 0 heterocycles. The molecule has 2 N–H and O–H groups in total. The van der Waals surface area contributed by atoms with E-state index in [1.54, 1.807) is 7.11 Å². The molecule has 1 aromatic carbocycles. The summed E-state index contributed by atoms with van der Waals surface area (Å²) in [6.45, 7) is 3.03. The molecule has 1 fully saturated rings. The van der Waals surface area contributed by atoms with Crippen LogP contribution in [0.15, 0.2) is 18.2 Å². The van der Waals surface area contributed by atoms with Gasteiger partial charge in [0, 0.05) is 24.2 Å². The molecule has 0 aromatic heterocycles. The van der Waals surface area contributed by atoms with Crippen LogP contribution in [0.3, 0.4) is 0 Å². The Morgan fingerprint density at radius 1 is 1.32 bits per heavy atom. The second-order valence-electron chi connectivity index (χ2n) is 5.75. The van der Waals surface area contributed by atoms with Crippen LogP contribution in [-0.4, -0.2) is 31.1 Å². The van der Waals surface area contributed by atoms with Crippen LogP contribution in [0.4, 0.5) is 0 Å². The lowest BCUT2D eigenvalue weighted by Crippen LogP contribution is -2.47. The van der Waals surface area contributed by atoms with Crippen LogP contribution < -0.4 is 10.5 Å². The Bertz CT molecular complexity index is 419. The standard InChI is InChI=1S/C16H26N2O/c1-12-8-9-16(19-3)13(10-12)11-18(2)15-7-5-4-6-14(15)17/h8-10,14-15H,4-7,11,17H2,1-3H3. The fourth-order valence-corrected chi connectivity index (χ4v) is 3.10. The number of nitrogens with zero attached hydrogens (tertiary/aromatic N) is 1. The van der Waals surface area contributed by atoms with E-state index in [1.807, 2.05) is 0 Å². The van der Waals surface area contributed by atoms with Crippen LogP contribution in [0, 0.1) is 6.92 Å². The number of ether oxygens (including phenoxy) is 1. The van der Waals surface area contributed by atoms with Crippen LogP contribution in [0.5, 0.6) is 5.75 Å². The van der Waals surface area contributed by atoms with Gasteiger partial charge in [0.2, 0.25) is 0 Å². The molecule has 1 aliphatic carbocycles. The predicted octanol–water partition coefficient (Wildman–Crippen LogP) is 2.71. The van der Waals surface area contributed by atoms with Gasteiger partial charge in [-0.2, -0.15) is 0 Å². The number of nitrogens with two attached hydrogens (primary N) is 1. The molecule has 3 heteroatoms. The summed E-state index contributed by atoms with van der Waals surface area (Å²) in [7, 11) is 3.91. The average Bonchev–Trinajstić information content (AvgIpc) is 2.39. The third kappa shape index (κ3) is 3.48. The van der Waals surface area contributed by atoms with Gasteiger partial charge in [-0.3, -0.25) is 4.90 Å². The summed E-state index contributed by atoms with van der Waals surface area (Å²) < 4.78 is 5.46. The Morgan fingerprint density at radius 2 is 2.05 bits per heavy atom. The maximum atomic E-state index is 6.26. The lowest BCUT2D eigenvalue weighted by atomic mass is 9.90. The molecule has 2 rings (SSSR count). The van der Waals surface area contributed by atoms with Gasteiger partial charge in [-0.25, -0.2) is 0 Å². The van der Waals surface area contributed by atoms with Gasteiger partial charge in [-0.1, -0.05) is 30.5 Å². The summed E-state index contributed by atoms with van der Waals surface area (Å²) in [5.74, 6) is 0.974. The Labute approximate surface area is 116 Å². The highest BCUT2D eigenvalue weighted by atomic mass is 16.5. The van der Waals surface area contributed by atoms with Crippen LogP contribution in [0.2, 0.25) is 0 Å². The molecular formula is C16H26N2O. The maximum absolute atomic E-state index is 6.26. The van der Waals surface area contributed by atoms with E-state index in [1.165, 1.54) is 30.4 Å². The van der Waals surface area contributed by atoms with Gasteiger partial charge in [0.1, 0.15) is 5.75 Å². The molecule has 106 valence electrons. The first-order valence-electron chi connectivity index (χ1n) is 7.21. The molecule has 1 aromatic rings. The molecule has 3 nitrogen and oxygen atoms in total. The zero-order valence-corrected chi connectivity index (χ0v) is 12.4. The highest BCUT2D eigenvalue weighted by molar-refractivity contribution is 5.36. The minimum atomic E-state index is 0.314. The van der Waals surface area contributed by atoms with Gasteiger partial charge in [-0.05, 0) is 32.9 Å². The second-order valence-corrected chi connectivity index (χ2v) is 5.75. The molecule has 2 unspecified atom stereocenters. The number of rotatable bonds is 4. The van der Waals surface area contributed by atoms with E-state index in [2.05, 4.69) is 37.1 Å². The lowest BCUT2D eigenvalue weighted by Gasteiger charge is -2.36. The number of aryl methyl sites for hydroxylation is 1. The quantitative estimate of drug-likeness (QED) is 0.906. The first-order chi connectivity index (χ1) is 9.11. The van der Waals surface area contributed by atoms with Crippen molar-refractivity contribution in [1.29, 1.82) is 0 Å². The summed E-state index contributed by atoms with van der Waals surface area (Å²) in [5.41, 5.74) is 8.79. The zero-order valence-electron chi connectivity index (χ0n) is 12.4. The number of benzene rings is 1. The fraction of sp³-hybridized carbons (Fsp3) is 0.625. The van der Waals surface area contributed by atoms with Crippen molar-refractivity contribution < 1.29 is 4.74 Å². The maximum Gasteiger partial charge on any atom is 0.123 e. The van der Waals surface area contributed by atoms with E-state index >= 15 is 0 Å². The van der Waals surface area contributed by atoms with Crippen LogP contribution in [0.1, 0.15) is 36.8 Å². The van der Waals surface area contributed by atoms with Crippen molar-refractivity contribution >= 4 is 0 Å². The van der Waals surface area contributed by atoms with Crippen molar-refractivity contribution in [2.24, 2.45) is 5.73 Å². The van der Waals surface area contributed by atoms with Gasteiger partial charge < -0.3 is 10.5 Å². The van der Waals surface area contributed by atoms with Gasteiger partial charge in [0.05, 0.1) is 7.11 Å². The summed E-state index contributed by atoms with van der Waals surface area (Å²) in [5, 5.41) is 0. The Kier molecular flexibility index (Phi) is 4.83. The van der Waals surface area contributed by atoms with Crippen LogP contribution in [-0.2, 0) is 6.54 Å². The largest absolute Gasteiger partial charge is 0.496 e. The molecule has 2 atom stereocenters. The first-order valence-corrected chi connectivity index (χ1v) is 7.21. The molecule has 0 aliphatic heterocycles. The summed E-state index contributed by atoms with van der Waals surface area (Å²) in [4.78, 5) is 2.39. The van der Waals surface area contributed by atoms with Gasteiger partial charge in [-0.15, -0.1) is 0 Å². The summed E-state index contributed by atoms with van der Waals surface area (Å²) >= 11 is 0. The van der Waals surface area contributed by atoms with Gasteiger partial charge in [0.25, 0.3) is 0 Å². The van der Waals surface area contributed by atoms with Gasteiger partial charge >= 0.3 is 0 Å². The predicted molar refractivity (Wildman–Crippen MR) is 79.4 cm³/mol. The minimum Gasteiger partial charge on any atom is -0.496 e. The smallest absolute Gasteiger partial charge is 0.123 e. The molecule has 19 heavy (non-hydrogen) atoms. The zero-order chi connectivity index (χ0) is 13.8. The van der Waals surface area contributed by atoms with Crippen molar-refractivity contribution in [3.63, 3.8) is 0 Å². The summed E-state index contributed by atoms with van der Waals surface area (Å²) in [6, 6.07) is 7.17.